The van der Waals surface area contributed by atoms with E-state index in [1.165, 1.54) is 18.2 Å². The minimum Gasteiger partial charge on any atom is -0.382 e. The summed E-state index contributed by atoms with van der Waals surface area (Å²) in [5.74, 6) is 2.59. The maximum atomic E-state index is 14.4. The lowest BCUT2D eigenvalue weighted by molar-refractivity contribution is -0.115. The van der Waals surface area contributed by atoms with Crippen molar-refractivity contribution in [1.82, 2.24) is 0 Å². The number of halogens is 2. The summed E-state index contributed by atoms with van der Waals surface area (Å²) in [6, 6.07) is 10.9. The molecule has 0 spiro atoms. The molecule has 0 aliphatic heterocycles. The quantitative estimate of drug-likeness (QED) is 0.792. The van der Waals surface area contributed by atoms with Crippen LogP contribution in [-0.2, 0) is 5.92 Å². The smallest absolute Gasteiger partial charge is 0.311 e. The van der Waals surface area contributed by atoms with Gasteiger partial charge in [-0.3, -0.25) is 0 Å². The van der Waals surface area contributed by atoms with E-state index in [0.29, 0.717) is 4.88 Å². The second-order valence-electron chi connectivity index (χ2n) is 6.10. The van der Waals surface area contributed by atoms with Crippen LogP contribution in [0.5, 0.6) is 0 Å². The van der Waals surface area contributed by atoms with Gasteiger partial charge in [0.25, 0.3) is 0 Å². The highest BCUT2D eigenvalue weighted by molar-refractivity contribution is 7.12. The number of hydrogen-bond acceptors (Lipinski definition) is 2. The van der Waals surface area contributed by atoms with E-state index >= 15 is 0 Å². The number of benzene rings is 1. The van der Waals surface area contributed by atoms with Crippen molar-refractivity contribution in [2.45, 2.75) is 32.8 Å². The fourth-order valence-electron chi connectivity index (χ4n) is 1.81. The van der Waals surface area contributed by atoms with Crippen LogP contribution in [0.25, 0.3) is 0 Å². The van der Waals surface area contributed by atoms with Crippen molar-refractivity contribution in [2.24, 2.45) is 5.41 Å². The predicted molar refractivity (Wildman–Crippen MR) is 85.9 cm³/mol. The third kappa shape index (κ3) is 3.94. The van der Waals surface area contributed by atoms with E-state index in [4.69, 9.17) is 0 Å². The van der Waals surface area contributed by atoms with Crippen molar-refractivity contribution in [2.75, 3.05) is 0 Å². The Hall–Kier alpha value is -1.70. The van der Waals surface area contributed by atoms with Crippen LogP contribution in [0, 0.1) is 17.3 Å². The number of thiophene rings is 1. The van der Waals surface area contributed by atoms with Crippen LogP contribution >= 0.6 is 11.3 Å². The lowest BCUT2D eigenvalue weighted by atomic mass is 9.98. The third-order valence-corrected chi connectivity index (χ3v) is 4.04. The molecule has 0 aliphatic carbocycles. The first-order chi connectivity index (χ1) is 10.2. The SMILES string of the molecule is CC(C)(C)C#Cc1ccc(C(F)(F)C(O)c2ccccc2)s1. The van der Waals surface area contributed by atoms with Gasteiger partial charge in [0.05, 0.1) is 9.75 Å². The van der Waals surface area contributed by atoms with Crippen molar-refractivity contribution in [3.63, 3.8) is 0 Å². The molecule has 2 rings (SSSR count). The van der Waals surface area contributed by atoms with Gasteiger partial charge in [-0.05, 0) is 38.5 Å². The fraction of sp³-hybridized carbons (Fsp3) is 0.333. The van der Waals surface area contributed by atoms with Gasteiger partial charge < -0.3 is 5.11 Å². The van der Waals surface area contributed by atoms with Crippen molar-refractivity contribution in [3.8, 4) is 11.8 Å². The highest BCUT2D eigenvalue weighted by atomic mass is 32.1. The van der Waals surface area contributed by atoms with Crippen molar-refractivity contribution in [3.05, 3.63) is 57.8 Å². The lowest BCUT2D eigenvalue weighted by Crippen LogP contribution is -2.22. The molecule has 0 saturated heterocycles. The van der Waals surface area contributed by atoms with E-state index in [1.807, 2.05) is 20.8 Å². The van der Waals surface area contributed by atoms with Crippen LogP contribution in [-0.4, -0.2) is 5.11 Å². The zero-order valence-electron chi connectivity index (χ0n) is 12.7. The van der Waals surface area contributed by atoms with Gasteiger partial charge in [0.2, 0.25) is 0 Å². The summed E-state index contributed by atoms with van der Waals surface area (Å²) in [4.78, 5) is 0.395. The second kappa shape index (κ2) is 6.20. The Morgan fingerprint density at radius 2 is 1.68 bits per heavy atom. The van der Waals surface area contributed by atoms with Gasteiger partial charge >= 0.3 is 5.92 Å². The Morgan fingerprint density at radius 3 is 2.27 bits per heavy atom. The minimum absolute atomic E-state index is 0.179. The average molecular weight is 320 g/mol. The summed E-state index contributed by atoms with van der Waals surface area (Å²) in [6.07, 6.45) is -1.87. The molecule has 1 heterocycles. The summed E-state index contributed by atoms with van der Waals surface area (Å²) in [5.41, 5.74) is 0.0131. The Labute approximate surface area is 133 Å². The zero-order valence-corrected chi connectivity index (χ0v) is 13.5. The molecule has 0 saturated carbocycles. The van der Waals surface area contributed by atoms with E-state index in [1.54, 1.807) is 24.3 Å². The molecule has 0 fully saturated rings. The molecular weight excluding hydrogens is 302 g/mol. The molecule has 116 valence electrons. The first kappa shape index (κ1) is 16.7. The molecule has 0 amide bonds. The minimum atomic E-state index is -3.34. The number of aliphatic hydroxyl groups is 1. The molecule has 1 aromatic carbocycles. The third-order valence-electron chi connectivity index (χ3n) is 2.95. The monoisotopic (exact) mass is 320 g/mol. The summed E-state index contributed by atoms with van der Waals surface area (Å²) in [7, 11) is 0. The zero-order chi connectivity index (χ0) is 16.4. The molecular formula is C18H18F2OS. The standard InChI is InChI=1S/C18H18F2OS/c1-17(2,3)12-11-14-9-10-15(22-14)18(19,20)16(21)13-7-5-4-6-8-13/h4-10,16,21H,1-3H3. The maximum absolute atomic E-state index is 14.4. The molecule has 0 aliphatic rings. The highest BCUT2D eigenvalue weighted by Crippen LogP contribution is 2.43. The van der Waals surface area contributed by atoms with E-state index in [9.17, 15) is 13.9 Å². The Morgan fingerprint density at radius 1 is 1.05 bits per heavy atom. The van der Waals surface area contributed by atoms with Crippen LogP contribution in [0.15, 0.2) is 42.5 Å². The average Bonchev–Trinajstić information content (AvgIpc) is 2.94. The van der Waals surface area contributed by atoms with Gasteiger partial charge in [-0.25, -0.2) is 0 Å². The van der Waals surface area contributed by atoms with Crippen LogP contribution in [0.4, 0.5) is 8.78 Å². The number of alkyl halides is 2. The van der Waals surface area contributed by atoms with E-state index < -0.39 is 12.0 Å². The molecule has 2 aromatic rings. The molecule has 4 heteroatoms. The number of rotatable bonds is 3. The molecule has 1 aromatic heterocycles. The Balaban J connectivity index is 2.27. The topological polar surface area (TPSA) is 20.2 Å². The molecule has 1 N–H and O–H groups in total. The van der Waals surface area contributed by atoms with Gasteiger partial charge in [-0.1, -0.05) is 42.2 Å². The summed E-state index contributed by atoms with van der Waals surface area (Å²) in [5, 5.41) is 9.99. The highest BCUT2D eigenvalue weighted by Gasteiger charge is 2.42. The van der Waals surface area contributed by atoms with Crippen molar-refractivity contribution >= 4 is 11.3 Å². The van der Waals surface area contributed by atoms with Gasteiger partial charge in [0.15, 0.2) is 0 Å². The lowest BCUT2D eigenvalue weighted by Gasteiger charge is -2.21. The summed E-state index contributed by atoms with van der Waals surface area (Å²) < 4.78 is 28.9. The number of hydrogen-bond donors (Lipinski definition) is 1. The Kier molecular flexibility index (Phi) is 4.69. The van der Waals surface area contributed by atoms with Gasteiger partial charge in [0, 0.05) is 5.41 Å². The molecule has 0 radical (unpaired) electrons. The fourth-order valence-corrected chi connectivity index (χ4v) is 2.67. The van der Waals surface area contributed by atoms with E-state index in [-0.39, 0.29) is 15.9 Å². The molecule has 0 bridgehead atoms. The predicted octanol–water partition coefficient (Wildman–Crippen LogP) is 4.97. The van der Waals surface area contributed by atoms with Crippen LogP contribution in [0.3, 0.4) is 0 Å². The van der Waals surface area contributed by atoms with Crippen LogP contribution in [0.1, 0.15) is 42.2 Å². The van der Waals surface area contributed by atoms with E-state index in [2.05, 4.69) is 11.8 Å². The van der Waals surface area contributed by atoms with E-state index in [0.717, 1.165) is 11.3 Å². The molecule has 22 heavy (non-hydrogen) atoms. The molecule has 1 unspecified atom stereocenters. The number of aliphatic hydroxyl groups excluding tert-OH is 1. The summed E-state index contributed by atoms with van der Waals surface area (Å²) >= 11 is 0.920. The molecule has 1 atom stereocenters. The normalized spacial score (nSPS) is 13.4. The van der Waals surface area contributed by atoms with Crippen LogP contribution < -0.4 is 0 Å². The first-order valence-electron chi connectivity index (χ1n) is 6.94. The van der Waals surface area contributed by atoms with Gasteiger partial charge in [-0.15, -0.1) is 11.3 Å². The van der Waals surface area contributed by atoms with Gasteiger partial charge in [-0.2, -0.15) is 8.78 Å². The summed E-state index contributed by atoms with van der Waals surface area (Å²) in [6.45, 7) is 5.88. The van der Waals surface area contributed by atoms with Gasteiger partial charge in [0.1, 0.15) is 6.10 Å². The first-order valence-corrected chi connectivity index (χ1v) is 7.76. The molecule has 1 nitrogen and oxygen atoms in total. The van der Waals surface area contributed by atoms with Crippen molar-refractivity contribution in [1.29, 1.82) is 0 Å². The van der Waals surface area contributed by atoms with Crippen molar-refractivity contribution < 1.29 is 13.9 Å². The maximum Gasteiger partial charge on any atom is 0.311 e. The second-order valence-corrected chi connectivity index (χ2v) is 7.18. The largest absolute Gasteiger partial charge is 0.382 e. The van der Waals surface area contributed by atoms with Crippen LogP contribution in [0.2, 0.25) is 0 Å². The Bertz CT molecular complexity index is 687.